The summed E-state index contributed by atoms with van der Waals surface area (Å²) in [7, 11) is 0. The summed E-state index contributed by atoms with van der Waals surface area (Å²) in [5.41, 5.74) is 0. The highest BCUT2D eigenvalue weighted by atomic mass is 16.7. The van der Waals surface area contributed by atoms with Gasteiger partial charge < -0.3 is 43.3 Å². The Hall–Kier alpha value is -0.820. The molecule has 0 rings (SSSR count). The highest BCUT2D eigenvalue weighted by Gasteiger charge is 1.95. The van der Waals surface area contributed by atoms with E-state index in [9.17, 15) is 0 Å². The van der Waals surface area contributed by atoms with Gasteiger partial charge in [-0.25, -0.2) is 5.84 Å². The Balaban J connectivity index is 3.03. The van der Waals surface area contributed by atoms with Crippen molar-refractivity contribution >= 4 is 0 Å². The highest BCUT2D eigenvalue weighted by molar-refractivity contribution is 4.74. The fourth-order valence-corrected chi connectivity index (χ4v) is 1.63. The molecule has 0 radical (unpaired) electrons. The molecule has 0 aliphatic carbocycles. The summed E-state index contributed by atoms with van der Waals surface area (Å²) < 4.78 is 36.7. The van der Waals surface area contributed by atoms with E-state index >= 15 is 0 Å². The zero-order valence-corrected chi connectivity index (χ0v) is 16.4. The van der Waals surface area contributed by atoms with Gasteiger partial charge in [-0.05, 0) is 6.92 Å². The molecule has 0 unspecified atom stereocenters. The predicted molar refractivity (Wildman–Crippen MR) is 98.8 cm³/mol. The average molecular weight is 396 g/mol. The van der Waals surface area contributed by atoms with Gasteiger partial charge in [0.1, 0.15) is 13.6 Å². The molecule has 27 heavy (non-hydrogen) atoms. The lowest BCUT2D eigenvalue weighted by Gasteiger charge is -2.13. The van der Waals surface area contributed by atoms with Crippen molar-refractivity contribution in [3.05, 3.63) is 12.3 Å². The summed E-state index contributed by atoms with van der Waals surface area (Å²) in [4.78, 5) is 0. The molecule has 0 bridgehead atoms. The van der Waals surface area contributed by atoms with Crippen LogP contribution in [0, 0.1) is 0 Å². The van der Waals surface area contributed by atoms with Crippen LogP contribution >= 0.6 is 0 Å². The van der Waals surface area contributed by atoms with Crippen molar-refractivity contribution in [1.82, 2.24) is 5.01 Å². The molecule has 0 heterocycles. The number of hydrogen-bond donors (Lipinski definition) is 2. The molecule has 0 saturated heterocycles. The highest BCUT2D eigenvalue weighted by Crippen LogP contribution is 1.86. The molecule has 162 valence electrons. The molecule has 10 heteroatoms. The first-order valence-electron chi connectivity index (χ1n) is 9.10. The van der Waals surface area contributed by atoms with E-state index in [-0.39, 0.29) is 20.2 Å². The zero-order valence-electron chi connectivity index (χ0n) is 16.4. The SMILES string of the molecule is C/C=C/N(N)CCOCCOCOCCOCOCCOCCOCCO. The normalized spacial score (nSPS) is 11.5. The Labute approximate surface area is 162 Å². The minimum Gasteiger partial charge on any atom is -0.394 e. The van der Waals surface area contributed by atoms with Crippen LogP contribution in [0.5, 0.6) is 0 Å². The van der Waals surface area contributed by atoms with Crippen LogP contribution in [0.4, 0.5) is 0 Å². The van der Waals surface area contributed by atoms with Gasteiger partial charge in [0, 0.05) is 6.20 Å². The van der Waals surface area contributed by atoms with Gasteiger partial charge in [-0.3, -0.25) is 0 Å². The van der Waals surface area contributed by atoms with E-state index in [1.165, 1.54) is 0 Å². The number of hydrogen-bond acceptors (Lipinski definition) is 10. The lowest BCUT2D eigenvalue weighted by atomic mass is 10.6. The maximum absolute atomic E-state index is 8.51. The third-order valence-electron chi connectivity index (χ3n) is 2.89. The summed E-state index contributed by atoms with van der Waals surface area (Å²) >= 11 is 0. The molecular formula is C17H36N2O8. The molecule has 0 aliphatic rings. The summed E-state index contributed by atoms with van der Waals surface area (Å²) in [6.07, 6.45) is 3.65. The van der Waals surface area contributed by atoms with E-state index in [2.05, 4.69) is 0 Å². The smallest absolute Gasteiger partial charge is 0.146 e. The maximum Gasteiger partial charge on any atom is 0.146 e. The number of nitrogens with zero attached hydrogens (tertiary/aromatic N) is 1. The molecule has 0 spiro atoms. The average Bonchev–Trinajstić information content (AvgIpc) is 2.66. The Morgan fingerprint density at radius 2 is 1.07 bits per heavy atom. The molecular weight excluding hydrogens is 360 g/mol. The van der Waals surface area contributed by atoms with Crippen LogP contribution in [-0.2, 0) is 33.2 Å². The minimum absolute atomic E-state index is 0.0241. The molecule has 0 atom stereocenters. The monoisotopic (exact) mass is 396 g/mol. The molecule has 10 nitrogen and oxygen atoms in total. The molecule has 3 N–H and O–H groups in total. The Morgan fingerprint density at radius 1 is 0.667 bits per heavy atom. The summed E-state index contributed by atoms with van der Waals surface area (Å²) in [5.74, 6) is 5.64. The quantitative estimate of drug-likeness (QED) is 0.110. The predicted octanol–water partition coefficient (Wildman–Crippen LogP) is -0.281. The number of nitrogens with two attached hydrogens (primary N) is 1. The zero-order chi connectivity index (χ0) is 19.8. The molecule has 0 amide bonds. The summed E-state index contributed by atoms with van der Waals surface area (Å²) in [5, 5.41) is 10.1. The Kier molecular flexibility index (Phi) is 22.5. The van der Waals surface area contributed by atoms with Crippen molar-refractivity contribution in [3.8, 4) is 0 Å². The van der Waals surface area contributed by atoms with Gasteiger partial charge >= 0.3 is 0 Å². The van der Waals surface area contributed by atoms with Crippen molar-refractivity contribution in [2.45, 2.75) is 6.92 Å². The number of aliphatic hydroxyl groups is 1. The maximum atomic E-state index is 8.51. The third kappa shape index (κ3) is 23.1. The van der Waals surface area contributed by atoms with Crippen LogP contribution in [0.3, 0.4) is 0 Å². The van der Waals surface area contributed by atoms with Crippen LogP contribution in [-0.4, -0.2) is 103 Å². The van der Waals surface area contributed by atoms with Crippen LogP contribution < -0.4 is 5.84 Å². The molecule has 0 aliphatic heterocycles. The second-order valence-corrected chi connectivity index (χ2v) is 5.15. The first kappa shape index (κ1) is 26.2. The first-order valence-corrected chi connectivity index (χ1v) is 9.10. The standard InChI is InChI=1S/C17H36N2O8/c1-2-3-19(18)4-6-21-10-12-24-16-26-14-15-27-17-25-13-11-23-9-8-22-7-5-20/h2-3,20H,4-18H2,1H3/b3-2+. The lowest BCUT2D eigenvalue weighted by molar-refractivity contribution is -0.109. The Morgan fingerprint density at radius 3 is 1.52 bits per heavy atom. The van der Waals surface area contributed by atoms with Crippen molar-refractivity contribution < 1.29 is 38.3 Å². The first-order chi connectivity index (χ1) is 13.3. The molecule has 0 fully saturated rings. The van der Waals surface area contributed by atoms with Gasteiger partial charge in [-0.15, -0.1) is 0 Å². The van der Waals surface area contributed by atoms with E-state index in [0.29, 0.717) is 72.6 Å². The largest absolute Gasteiger partial charge is 0.394 e. The number of ether oxygens (including phenoxy) is 7. The number of rotatable bonds is 22. The van der Waals surface area contributed by atoms with Gasteiger partial charge in [-0.1, -0.05) is 6.08 Å². The van der Waals surface area contributed by atoms with Crippen LogP contribution in [0.15, 0.2) is 12.3 Å². The van der Waals surface area contributed by atoms with Crippen molar-refractivity contribution in [3.63, 3.8) is 0 Å². The number of allylic oxidation sites excluding steroid dienone is 1. The van der Waals surface area contributed by atoms with Gasteiger partial charge in [0.2, 0.25) is 0 Å². The lowest BCUT2D eigenvalue weighted by Crippen LogP contribution is -2.29. The second-order valence-electron chi connectivity index (χ2n) is 5.15. The van der Waals surface area contributed by atoms with Crippen LogP contribution in [0.25, 0.3) is 0 Å². The number of aliphatic hydroxyl groups excluding tert-OH is 1. The number of hydrazine groups is 1. The van der Waals surface area contributed by atoms with Crippen molar-refractivity contribution in [2.24, 2.45) is 5.84 Å². The fourth-order valence-electron chi connectivity index (χ4n) is 1.63. The molecule has 0 aromatic heterocycles. The van der Waals surface area contributed by atoms with Crippen LogP contribution in [0.2, 0.25) is 0 Å². The van der Waals surface area contributed by atoms with Gasteiger partial charge in [-0.2, -0.15) is 0 Å². The molecule has 0 aromatic rings. The van der Waals surface area contributed by atoms with E-state index < -0.39 is 0 Å². The topological polar surface area (TPSA) is 114 Å². The fraction of sp³-hybridized carbons (Fsp3) is 0.882. The molecule has 0 saturated carbocycles. The minimum atomic E-state index is 0.0241. The summed E-state index contributed by atoms with van der Waals surface area (Å²) in [6, 6.07) is 0. The third-order valence-corrected chi connectivity index (χ3v) is 2.89. The van der Waals surface area contributed by atoms with E-state index in [1.54, 1.807) is 11.2 Å². The Bertz CT molecular complexity index is 311. The van der Waals surface area contributed by atoms with E-state index in [0.717, 1.165) is 0 Å². The second kappa shape index (κ2) is 23.2. The van der Waals surface area contributed by atoms with Crippen molar-refractivity contribution in [2.75, 3.05) is 92.8 Å². The molecule has 0 aromatic carbocycles. The van der Waals surface area contributed by atoms with Crippen LogP contribution in [0.1, 0.15) is 6.92 Å². The van der Waals surface area contributed by atoms with E-state index in [4.69, 9.17) is 44.1 Å². The van der Waals surface area contributed by atoms with Gasteiger partial charge in [0.05, 0.1) is 79.2 Å². The summed E-state index contributed by atoms with van der Waals surface area (Å²) in [6.45, 7) is 7.48. The van der Waals surface area contributed by atoms with Crippen molar-refractivity contribution in [1.29, 1.82) is 0 Å². The van der Waals surface area contributed by atoms with Gasteiger partial charge in [0.25, 0.3) is 0 Å². The van der Waals surface area contributed by atoms with Gasteiger partial charge in [0.15, 0.2) is 0 Å². The van der Waals surface area contributed by atoms with E-state index in [1.807, 2.05) is 13.0 Å².